The van der Waals surface area contributed by atoms with Gasteiger partial charge in [0, 0.05) is 6.07 Å². The predicted molar refractivity (Wildman–Crippen MR) is 35.3 cm³/mol. The first-order chi connectivity index (χ1) is 4.74. The van der Waals surface area contributed by atoms with E-state index >= 15 is 0 Å². The van der Waals surface area contributed by atoms with Crippen LogP contribution in [0.15, 0.2) is 10.6 Å². The predicted octanol–water partition coefficient (Wildman–Crippen LogP) is 1.61. The number of rotatable bonds is 1. The molecule has 1 aromatic rings. The van der Waals surface area contributed by atoms with Crippen LogP contribution >= 0.6 is 0 Å². The van der Waals surface area contributed by atoms with Crippen LogP contribution < -0.4 is 0 Å². The average molecular weight is 136 g/mol. The van der Waals surface area contributed by atoms with Crippen molar-refractivity contribution >= 4 is 0 Å². The molecule has 0 bridgehead atoms. The van der Waals surface area contributed by atoms with E-state index in [0.29, 0.717) is 5.76 Å². The molecule has 0 amide bonds. The van der Waals surface area contributed by atoms with Crippen LogP contribution in [0.4, 0.5) is 0 Å². The van der Waals surface area contributed by atoms with Crippen molar-refractivity contribution in [2.24, 2.45) is 0 Å². The van der Waals surface area contributed by atoms with Crippen molar-refractivity contribution in [1.82, 2.24) is 5.16 Å². The van der Waals surface area contributed by atoms with Gasteiger partial charge in [-0.15, -0.1) is 0 Å². The fourth-order valence-electron chi connectivity index (χ4n) is 0.651. The second-order valence-corrected chi connectivity index (χ2v) is 2.22. The number of nitriles is 1. The Morgan fingerprint density at radius 3 is 2.90 bits per heavy atom. The molecule has 1 heterocycles. The van der Waals surface area contributed by atoms with Gasteiger partial charge in [-0.3, -0.25) is 0 Å². The summed E-state index contributed by atoms with van der Waals surface area (Å²) in [4.78, 5) is 0. The number of hydrogen-bond acceptors (Lipinski definition) is 3. The summed E-state index contributed by atoms with van der Waals surface area (Å²) in [5.41, 5.74) is 0.817. The lowest BCUT2D eigenvalue weighted by Crippen LogP contribution is -1.83. The van der Waals surface area contributed by atoms with E-state index in [1.807, 2.05) is 6.92 Å². The van der Waals surface area contributed by atoms with Gasteiger partial charge in [0.1, 0.15) is 5.92 Å². The first-order valence-corrected chi connectivity index (χ1v) is 3.07. The summed E-state index contributed by atoms with van der Waals surface area (Å²) in [6.45, 7) is 3.61. The lowest BCUT2D eigenvalue weighted by Gasteiger charge is -1.90. The van der Waals surface area contributed by atoms with E-state index in [4.69, 9.17) is 9.78 Å². The van der Waals surface area contributed by atoms with E-state index in [1.165, 1.54) is 0 Å². The van der Waals surface area contributed by atoms with Crippen molar-refractivity contribution in [3.63, 3.8) is 0 Å². The SMILES string of the molecule is Cc1cc(C(C)C#N)on1. The zero-order chi connectivity index (χ0) is 7.56. The summed E-state index contributed by atoms with van der Waals surface area (Å²) >= 11 is 0. The van der Waals surface area contributed by atoms with Crippen LogP contribution in [0.25, 0.3) is 0 Å². The van der Waals surface area contributed by atoms with Gasteiger partial charge < -0.3 is 4.52 Å². The molecule has 3 heteroatoms. The molecule has 0 aliphatic rings. The summed E-state index contributed by atoms with van der Waals surface area (Å²) < 4.78 is 4.84. The van der Waals surface area contributed by atoms with Crippen molar-refractivity contribution in [1.29, 1.82) is 5.26 Å². The fraction of sp³-hybridized carbons (Fsp3) is 0.429. The van der Waals surface area contributed by atoms with Gasteiger partial charge in [-0.1, -0.05) is 5.16 Å². The molecular formula is C7H8N2O. The van der Waals surface area contributed by atoms with Crippen molar-refractivity contribution < 1.29 is 4.52 Å². The zero-order valence-corrected chi connectivity index (χ0v) is 5.96. The maximum Gasteiger partial charge on any atom is 0.153 e. The van der Waals surface area contributed by atoms with E-state index in [-0.39, 0.29) is 5.92 Å². The van der Waals surface area contributed by atoms with Gasteiger partial charge in [-0.05, 0) is 13.8 Å². The highest BCUT2D eigenvalue weighted by atomic mass is 16.5. The number of hydrogen-bond donors (Lipinski definition) is 0. The van der Waals surface area contributed by atoms with Gasteiger partial charge in [0.05, 0.1) is 11.8 Å². The quantitative estimate of drug-likeness (QED) is 0.589. The van der Waals surface area contributed by atoms with Crippen molar-refractivity contribution in [2.45, 2.75) is 19.8 Å². The van der Waals surface area contributed by atoms with Crippen LogP contribution in [-0.4, -0.2) is 5.16 Å². The molecule has 1 unspecified atom stereocenters. The molecule has 0 aromatic carbocycles. The van der Waals surface area contributed by atoms with Gasteiger partial charge in [0.2, 0.25) is 0 Å². The van der Waals surface area contributed by atoms with Crippen LogP contribution in [0.3, 0.4) is 0 Å². The van der Waals surface area contributed by atoms with E-state index in [0.717, 1.165) is 5.69 Å². The third kappa shape index (κ3) is 1.16. The van der Waals surface area contributed by atoms with Crippen molar-refractivity contribution in [3.8, 4) is 6.07 Å². The smallest absolute Gasteiger partial charge is 0.153 e. The second-order valence-electron chi connectivity index (χ2n) is 2.22. The molecule has 0 radical (unpaired) electrons. The Balaban J connectivity index is 2.87. The minimum Gasteiger partial charge on any atom is -0.360 e. The molecule has 0 aliphatic carbocycles. The van der Waals surface area contributed by atoms with Crippen LogP contribution in [0.1, 0.15) is 24.3 Å². The van der Waals surface area contributed by atoms with Gasteiger partial charge in [0.25, 0.3) is 0 Å². The first kappa shape index (κ1) is 6.81. The molecule has 0 N–H and O–H groups in total. The molecule has 0 aliphatic heterocycles. The summed E-state index contributed by atoms with van der Waals surface area (Å²) in [7, 11) is 0. The molecule has 1 atom stereocenters. The largest absolute Gasteiger partial charge is 0.360 e. The maximum atomic E-state index is 8.46. The number of nitrogens with zero attached hydrogens (tertiary/aromatic N) is 2. The first-order valence-electron chi connectivity index (χ1n) is 3.07. The third-order valence-corrected chi connectivity index (χ3v) is 1.27. The maximum absolute atomic E-state index is 8.46. The van der Waals surface area contributed by atoms with Gasteiger partial charge >= 0.3 is 0 Å². The Morgan fingerprint density at radius 2 is 2.50 bits per heavy atom. The van der Waals surface area contributed by atoms with Crippen molar-refractivity contribution in [3.05, 3.63) is 17.5 Å². The molecule has 0 saturated heterocycles. The van der Waals surface area contributed by atoms with Crippen LogP contribution in [-0.2, 0) is 0 Å². The Kier molecular flexibility index (Phi) is 1.72. The topological polar surface area (TPSA) is 49.8 Å². The standard InChI is InChI=1S/C7H8N2O/c1-5(4-8)7-3-6(2)9-10-7/h3,5H,1-2H3. The van der Waals surface area contributed by atoms with Gasteiger partial charge in [-0.25, -0.2) is 0 Å². The average Bonchev–Trinajstić information content (AvgIpc) is 2.34. The minimum atomic E-state index is -0.193. The molecule has 0 fully saturated rings. The Labute approximate surface area is 59.2 Å². The van der Waals surface area contributed by atoms with E-state index in [9.17, 15) is 0 Å². The van der Waals surface area contributed by atoms with E-state index < -0.39 is 0 Å². The molecule has 0 saturated carbocycles. The Morgan fingerprint density at radius 1 is 1.80 bits per heavy atom. The summed E-state index contributed by atoms with van der Waals surface area (Å²) in [5, 5.41) is 12.1. The molecule has 52 valence electrons. The molecule has 0 spiro atoms. The van der Waals surface area contributed by atoms with E-state index in [1.54, 1.807) is 13.0 Å². The van der Waals surface area contributed by atoms with Crippen LogP contribution in [0, 0.1) is 18.3 Å². The Hall–Kier alpha value is -1.30. The lowest BCUT2D eigenvalue weighted by molar-refractivity contribution is 0.375. The summed E-state index contributed by atoms with van der Waals surface area (Å²) in [5.74, 6) is 0.446. The van der Waals surface area contributed by atoms with Gasteiger partial charge in [-0.2, -0.15) is 5.26 Å². The molecule has 10 heavy (non-hydrogen) atoms. The normalized spacial score (nSPS) is 12.5. The zero-order valence-electron chi connectivity index (χ0n) is 5.96. The lowest BCUT2D eigenvalue weighted by atomic mass is 10.1. The fourth-order valence-corrected chi connectivity index (χ4v) is 0.651. The Bertz CT molecular complexity index is 259. The van der Waals surface area contributed by atoms with Gasteiger partial charge in [0.15, 0.2) is 5.76 Å². The van der Waals surface area contributed by atoms with Crippen LogP contribution in [0.5, 0.6) is 0 Å². The molecule has 3 nitrogen and oxygen atoms in total. The van der Waals surface area contributed by atoms with E-state index in [2.05, 4.69) is 11.2 Å². The molecule has 1 aromatic heterocycles. The van der Waals surface area contributed by atoms with Crippen LogP contribution in [0.2, 0.25) is 0 Å². The third-order valence-electron chi connectivity index (χ3n) is 1.27. The summed E-state index contributed by atoms with van der Waals surface area (Å²) in [6.07, 6.45) is 0. The minimum absolute atomic E-state index is 0.193. The monoisotopic (exact) mass is 136 g/mol. The molecule has 1 rings (SSSR count). The highest BCUT2D eigenvalue weighted by molar-refractivity contribution is 5.13. The highest BCUT2D eigenvalue weighted by Crippen LogP contribution is 2.13. The summed E-state index contributed by atoms with van der Waals surface area (Å²) in [6, 6.07) is 3.83. The molecular weight excluding hydrogens is 128 g/mol. The van der Waals surface area contributed by atoms with Crippen molar-refractivity contribution in [2.75, 3.05) is 0 Å². The number of aryl methyl sites for hydroxylation is 1. The second kappa shape index (κ2) is 2.53. The highest BCUT2D eigenvalue weighted by Gasteiger charge is 2.08. The number of aromatic nitrogens is 1.